The van der Waals surface area contributed by atoms with Gasteiger partial charge in [0, 0.05) is 17.7 Å². The number of esters is 1. The molecule has 0 aliphatic heterocycles. The van der Waals surface area contributed by atoms with Gasteiger partial charge in [0.2, 0.25) is 0 Å². The van der Waals surface area contributed by atoms with Gasteiger partial charge in [0.25, 0.3) is 5.91 Å². The molecule has 3 aromatic rings. The van der Waals surface area contributed by atoms with Crippen LogP contribution in [0.25, 0.3) is 16.3 Å². The summed E-state index contributed by atoms with van der Waals surface area (Å²) in [6.45, 7) is 3.65. The van der Waals surface area contributed by atoms with Crippen LogP contribution >= 0.6 is 0 Å². The first-order valence-corrected chi connectivity index (χ1v) is 9.72. The average molecular weight is 419 g/mol. The van der Waals surface area contributed by atoms with Gasteiger partial charge in [-0.1, -0.05) is 36.4 Å². The molecule has 0 fully saturated rings. The van der Waals surface area contributed by atoms with E-state index in [4.69, 9.17) is 14.2 Å². The van der Waals surface area contributed by atoms with Crippen molar-refractivity contribution in [2.45, 2.75) is 13.8 Å². The molecule has 0 saturated heterocycles. The Bertz CT molecular complexity index is 1180. The van der Waals surface area contributed by atoms with E-state index < -0.39 is 5.97 Å². The fraction of sp³-hybridized carbons (Fsp3) is 0.200. The zero-order valence-electron chi connectivity index (χ0n) is 18.2. The van der Waals surface area contributed by atoms with Gasteiger partial charge in [-0.25, -0.2) is 4.79 Å². The maximum atomic E-state index is 13.0. The molecule has 0 aliphatic rings. The molecule has 1 amide bonds. The van der Waals surface area contributed by atoms with Crippen molar-refractivity contribution in [2.24, 2.45) is 0 Å². The number of benzene rings is 3. The van der Waals surface area contributed by atoms with Crippen molar-refractivity contribution >= 4 is 33.9 Å². The summed E-state index contributed by atoms with van der Waals surface area (Å²) < 4.78 is 15.4. The van der Waals surface area contributed by atoms with Crippen molar-refractivity contribution in [2.75, 3.05) is 26.6 Å². The fourth-order valence-corrected chi connectivity index (χ4v) is 3.29. The monoisotopic (exact) mass is 419 g/mol. The lowest BCUT2D eigenvalue weighted by atomic mass is 9.98. The van der Waals surface area contributed by atoms with Crippen LogP contribution in [0.5, 0.6) is 11.5 Å². The number of nitrogens with one attached hydrogen (secondary N) is 1. The number of allylic oxidation sites excluding steroid dienone is 1. The maximum absolute atomic E-state index is 13.0. The lowest BCUT2D eigenvalue weighted by Gasteiger charge is -2.15. The third kappa shape index (κ3) is 4.53. The van der Waals surface area contributed by atoms with Crippen LogP contribution in [0, 0.1) is 0 Å². The number of ether oxygens (including phenoxy) is 3. The highest BCUT2D eigenvalue weighted by Crippen LogP contribution is 2.34. The number of rotatable bonds is 6. The van der Waals surface area contributed by atoms with Gasteiger partial charge in [-0.2, -0.15) is 0 Å². The van der Waals surface area contributed by atoms with Crippen LogP contribution in [0.1, 0.15) is 29.8 Å². The summed E-state index contributed by atoms with van der Waals surface area (Å²) in [5.41, 5.74) is 2.76. The number of methoxy groups -OCH3 is 3. The standard InChI is InChI=1S/C25H25NO5/c1-15(18-11-10-17-8-6-7-9-19(17)12-18)16(2)24(27)26-21-14-23(30-4)22(29-3)13-20(21)25(28)31-5/h6-14H,1-5H3,(H,26,27). The Morgan fingerprint density at radius 2 is 1.45 bits per heavy atom. The van der Waals surface area contributed by atoms with Gasteiger partial charge in [-0.3, -0.25) is 4.79 Å². The third-order valence-corrected chi connectivity index (χ3v) is 5.26. The first kappa shape index (κ1) is 21.9. The molecule has 0 unspecified atom stereocenters. The van der Waals surface area contributed by atoms with Gasteiger partial charge in [-0.15, -0.1) is 0 Å². The first-order chi connectivity index (χ1) is 14.9. The van der Waals surface area contributed by atoms with E-state index in [-0.39, 0.29) is 17.2 Å². The zero-order chi connectivity index (χ0) is 22.5. The predicted molar refractivity (Wildman–Crippen MR) is 122 cm³/mol. The van der Waals surface area contributed by atoms with Gasteiger partial charge < -0.3 is 19.5 Å². The summed E-state index contributed by atoms with van der Waals surface area (Å²) in [5.74, 6) is -0.175. The predicted octanol–water partition coefficient (Wildman–Crippen LogP) is 5.08. The first-order valence-electron chi connectivity index (χ1n) is 9.72. The summed E-state index contributed by atoms with van der Waals surface area (Å²) in [6, 6.07) is 17.2. The molecule has 0 bridgehead atoms. The zero-order valence-corrected chi connectivity index (χ0v) is 18.2. The summed E-state index contributed by atoms with van der Waals surface area (Å²) >= 11 is 0. The molecule has 160 valence electrons. The van der Waals surface area contributed by atoms with Crippen molar-refractivity contribution in [1.82, 2.24) is 0 Å². The Hall–Kier alpha value is -3.80. The average Bonchev–Trinajstić information content (AvgIpc) is 2.81. The highest BCUT2D eigenvalue weighted by Gasteiger charge is 2.20. The van der Waals surface area contributed by atoms with Crippen LogP contribution in [0.2, 0.25) is 0 Å². The molecule has 6 nitrogen and oxygen atoms in total. The van der Waals surface area contributed by atoms with Crippen molar-refractivity contribution < 1.29 is 23.8 Å². The number of amides is 1. The molecule has 0 saturated carbocycles. The van der Waals surface area contributed by atoms with E-state index in [1.54, 1.807) is 13.0 Å². The van der Waals surface area contributed by atoms with Crippen molar-refractivity contribution in [3.05, 3.63) is 71.3 Å². The van der Waals surface area contributed by atoms with E-state index >= 15 is 0 Å². The van der Waals surface area contributed by atoms with Gasteiger partial charge in [0.1, 0.15) is 0 Å². The summed E-state index contributed by atoms with van der Waals surface area (Å²) in [6.07, 6.45) is 0. The second-order valence-electron chi connectivity index (χ2n) is 7.01. The number of fused-ring (bicyclic) bond motifs is 1. The van der Waals surface area contributed by atoms with Crippen LogP contribution in [-0.4, -0.2) is 33.2 Å². The van der Waals surface area contributed by atoms with E-state index in [0.717, 1.165) is 21.9 Å². The van der Waals surface area contributed by atoms with Gasteiger partial charge in [0.05, 0.1) is 32.6 Å². The number of carbonyl (C=O) groups is 2. The molecule has 3 aromatic carbocycles. The Kier molecular flexibility index (Phi) is 6.60. The Morgan fingerprint density at radius 1 is 0.806 bits per heavy atom. The second kappa shape index (κ2) is 9.34. The maximum Gasteiger partial charge on any atom is 0.340 e. The van der Waals surface area contributed by atoms with E-state index in [9.17, 15) is 9.59 Å². The molecular formula is C25H25NO5. The quantitative estimate of drug-likeness (QED) is 0.446. The molecule has 6 heteroatoms. The van der Waals surface area contributed by atoms with Crippen molar-refractivity contribution in [1.29, 1.82) is 0 Å². The fourth-order valence-electron chi connectivity index (χ4n) is 3.29. The largest absolute Gasteiger partial charge is 0.493 e. The normalized spacial score (nSPS) is 11.5. The molecule has 31 heavy (non-hydrogen) atoms. The minimum Gasteiger partial charge on any atom is -0.493 e. The van der Waals surface area contributed by atoms with E-state index in [0.29, 0.717) is 17.1 Å². The number of anilines is 1. The highest BCUT2D eigenvalue weighted by molar-refractivity contribution is 6.11. The minimum atomic E-state index is -0.593. The van der Waals surface area contributed by atoms with E-state index in [1.807, 2.05) is 43.3 Å². The van der Waals surface area contributed by atoms with Crippen LogP contribution in [0.15, 0.2) is 60.2 Å². The van der Waals surface area contributed by atoms with Gasteiger partial charge in [-0.05, 0) is 41.8 Å². The molecule has 0 aromatic heterocycles. The molecule has 0 atom stereocenters. The van der Waals surface area contributed by atoms with E-state index in [1.165, 1.54) is 27.4 Å². The lowest BCUT2D eigenvalue weighted by Crippen LogP contribution is -2.17. The van der Waals surface area contributed by atoms with Crippen LogP contribution in [0.4, 0.5) is 5.69 Å². The molecular weight excluding hydrogens is 394 g/mol. The SMILES string of the molecule is COC(=O)c1cc(OC)c(OC)cc1NC(=O)C(C)=C(C)c1ccc2ccccc2c1. The molecule has 0 heterocycles. The van der Waals surface area contributed by atoms with E-state index in [2.05, 4.69) is 11.4 Å². The Balaban J connectivity index is 1.97. The van der Waals surface area contributed by atoms with Gasteiger partial charge >= 0.3 is 5.97 Å². The minimum absolute atomic E-state index is 0.171. The number of carbonyl (C=O) groups excluding carboxylic acids is 2. The smallest absolute Gasteiger partial charge is 0.340 e. The molecule has 0 aliphatic carbocycles. The van der Waals surface area contributed by atoms with Crippen LogP contribution < -0.4 is 14.8 Å². The molecule has 0 spiro atoms. The van der Waals surface area contributed by atoms with Gasteiger partial charge in [0.15, 0.2) is 11.5 Å². The topological polar surface area (TPSA) is 73.9 Å². The summed E-state index contributed by atoms with van der Waals surface area (Å²) in [5, 5.41) is 5.04. The second-order valence-corrected chi connectivity index (χ2v) is 7.01. The van der Waals surface area contributed by atoms with Crippen LogP contribution in [0.3, 0.4) is 0 Å². The highest BCUT2D eigenvalue weighted by atomic mass is 16.5. The number of hydrogen-bond acceptors (Lipinski definition) is 5. The lowest BCUT2D eigenvalue weighted by molar-refractivity contribution is -0.112. The summed E-state index contributed by atoms with van der Waals surface area (Å²) in [4.78, 5) is 25.3. The number of hydrogen-bond donors (Lipinski definition) is 1. The third-order valence-electron chi connectivity index (χ3n) is 5.26. The molecule has 1 N–H and O–H groups in total. The molecule has 3 rings (SSSR count). The van der Waals surface area contributed by atoms with Crippen molar-refractivity contribution in [3.8, 4) is 11.5 Å². The van der Waals surface area contributed by atoms with Crippen LogP contribution in [-0.2, 0) is 9.53 Å². The molecule has 0 radical (unpaired) electrons. The summed E-state index contributed by atoms with van der Waals surface area (Å²) in [7, 11) is 4.23. The van der Waals surface area contributed by atoms with Crippen molar-refractivity contribution in [3.63, 3.8) is 0 Å². The Morgan fingerprint density at radius 3 is 2.10 bits per heavy atom. The Labute approximate surface area is 181 Å².